The van der Waals surface area contributed by atoms with Gasteiger partial charge in [0.1, 0.15) is 0 Å². The molecule has 0 aromatic heterocycles. The van der Waals surface area contributed by atoms with Gasteiger partial charge in [0.05, 0.1) is 0 Å². The molecule has 0 radical (unpaired) electrons. The van der Waals surface area contributed by atoms with Gasteiger partial charge in [-0.1, -0.05) is 157 Å². The molecule has 4 aliphatic carbocycles. The first-order valence-corrected chi connectivity index (χ1v) is 19.9. The molecule has 0 amide bonds. The van der Waals surface area contributed by atoms with Gasteiger partial charge in [-0.2, -0.15) is 18.2 Å². The monoisotopic (exact) mass is 670 g/mol. The molecule has 0 heterocycles. The van der Waals surface area contributed by atoms with Crippen LogP contribution in [0.3, 0.4) is 0 Å². The van der Waals surface area contributed by atoms with E-state index < -0.39 is 7.92 Å². The molecule has 2 fully saturated rings. The molecule has 0 aliphatic heterocycles. The van der Waals surface area contributed by atoms with Gasteiger partial charge in [-0.3, -0.25) is 0 Å². The van der Waals surface area contributed by atoms with Crippen LogP contribution < -0.4 is 10.6 Å². The fourth-order valence-corrected chi connectivity index (χ4v) is 14.5. The topological polar surface area (TPSA) is 0 Å². The Morgan fingerprint density at radius 2 is 1.22 bits per heavy atom. The molecule has 4 aliphatic rings. The molecule has 0 N–H and O–H groups in total. The van der Waals surface area contributed by atoms with Crippen molar-refractivity contribution in [2.45, 2.75) is 88.1 Å². The van der Waals surface area contributed by atoms with Gasteiger partial charge in [-0.05, 0) is 53.3 Å². The molecule has 0 saturated heterocycles. The van der Waals surface area contributed by atoms with Crippen molar-refractivity contribution in [3.63, 3.8) is 0 Å². The standard InChI is InChI=1S/C37H43P2.C5H5.Fe/c1-29(38(30-17-6-2-7-18-30)31-19-8-3-9-20-31)34-26-16-27-35(34)36-25-14-15-28-37(36)39(32-21-10-4-11-22-32)33-23-12-5-13-24-33;1-2-4-5-3-1;/h4-5,10-16,21-31H,2-3,6-9,17-20H2,1H3;1-5H;/q2*-1;+2/b36-35+;;/t29-;;/m1../s1. The summed E-state index contributed by atoms with van der Waals surface area (Å²) in [6.07, 6.45) is 31.3. The van der Waals surface area contributed by atoms with Crippen molar-refractivity contribution in [1.82, 2.24) is 0 Å². The SMILES string of the molecule is C[C@H](C1=CC=C/C1=C1/C=CC=C[C-]1P(c1ccccc1)c1ccccc1)P(C1CCCCC1)C1CCCCC1.[Fe+2].c1cc[cH-]c1. The third kappa shape index (κ3) is 8.56. The van der Waals surface area contributed by atoms with E-state index in [2.05, 4.69) is 110 Å². The first-order chi connectivity index (χ1) is 21.8. The van der Waals surface area contributed by atoms with Crippen LogP contribution in [0.25, 0.3) is 0 Å². The van der Waals surface area contributed by atoms with E-state index in [1.165, 1.54) is 91.6 Å². The molecule has 2 saturated carbocycles. The average molecular weight is 671 g/mol. The summed E-state index contributed by atoms with van der Waals surface area (Å²) >= 11 is 0. The summed E-state index contributed by atoms with van der Waals surface area (Å²) in [5.41, 5.74) is 8.67. The predicted molar refractivity (Wildman–Crippen MR) is 197 cm³/mol. The van der Waals surface area contributed by atoms with Crippen LogP contribution in [0, 0.1) is 5.66 Å². The van der Waals surface area contributed by atoms with E-state index in [0.717, 1.165) is 11.3 Å². The van der Waals surface area contributed by atoms with Gasteiger partial charge >= 0.3 is 17.1 Å². The molecule has 0 spiro atoms. The summed E-state index contributed by atoms with van der Waals surface area (Å²) in [5, 5.41) is 2.86. The fourth-order valence-electron chi connectivity index (χ4n) is 7.69. The molecule has 0 unspecified atom stereocenters. The Morgan fingerprint density at radius 3 is 1.73 bits per heavy atom. The molecular weight excluding hydrogens is 622 g/mol. The third-order valence-electron chi connectivity index (χ3n) is 9.76. The molecule has 3 aromatic carbocycles. The van der Waals surface area contributed by atoms with Crippen molar-refractivity contribution < 1.29 is 17.1 Å². The van der Waals surface area contributed by atoms with Crippen LogP contribution in [0.1, 0.15) is 71.1 Å². The van der Waals surface area contributed by atoms with Crippen LogP contribution in [0.5, 0.6) is 0 Å². The number of hydrogen-bond donors (Lipinski definition) is 0. The molecule has 3 aromatic rings. The number of allylic oxidation sites excluding steroid dienone is 10. The maximum absolute atomic E-state index is 2.62. The van der Waals surface area contributed by atoms with E-state index in [0.29, 0.717) is 5.66 Å². The zero-order valence-corrected chi connectivity index (χ0v) is 29.6. The van der Waals surface area contributed by atoms with Crippen molar-refractivity contribution in [2.24, 2.45) is 0 Å². The number of benzene rings is 2. The Kier molecular flexibility index (Phi) is 13.3. The third-order valence-corrected chi connectivity index (χ3v) is 16.2. The van der Waals surface area contributed by atoms with Gasteiger partial charge in [0.25, 0.3) is 0 Å². The smallest absolute Gasteiger partial charge is 0.214 e. The van der Waals surface area contributed by atoms with Crippen molar-refractivity contribution in [3.8, 4) is 0 Å². The number of rotatable bonds is 7. The van der Waals surface area contributed by atoms with Crippen molar-refractivity contribution in [2.75, 3.05) is 0 Å². The molecule has 7 rings (SSSR count). The summed E-state index contributed by atoms with van der Waals surface area (Å²) in [6, 6.07) is 32.4. The van der Waals surface area contributed by atoms with E-state index in [9.17, 15) is 0 Å². The molecule has 234 valence electrons. The van der Waals surface area contributed by atoms with Gasteiger partial charge < -0.3 is 0 Å². The summed E-state index contributed by atoms with van der Waals surface area (Å²) < 4.78 is 0. The Bertz CT molecular complexity index is 1360. The van der Waals surface area contributed by atoms with Crippen LogP contribution in [0.4, 0.5) is 0 Å². The molecular formula is C42H48FeP2. The fraction of sp³-hybridized carbons (Fsp3) is 0.333. The van der Waals surface area contributed by atoms with E-state index in [4.69, 9.17) is 0 Å². The van der Waals surface area contributed by atoms with Crippen LogP contribution in [0.2, 0.25) is 0 Å². The van der Waals surface area contributed by atoms with E-state index in [1.807, 2.05) is 30.3 Å². The van der Waals surface area contributed by atoms with Gasteiger partial charge in [0, 0.05) is 0 Å². The quantitative estimate of drug-likeness (QED) is 0.133. The first-order valence-electron chi connectivity index (χ1n) is 17.0. The molecule has 45 heavy (non-hydrogen) atoms. The summed E-state index contributed by atoms with van der Waals surface area (Å²) in [7, 11) is -0.660. The maximum Gasteiger partial charge on any atom is 2.00 e. The minimum Gasteiger partial charge on any atom is -0.214 e. The number of hydrogen-bond acceptors (Lipinski definition) is 0. The average Bonchev–Trinajstić information content (AvgIpc) is 3.84. The maximum atomic E-state index is 2.62. The molecule has 0 nitrogen and oxygen atoms in total. The summed E-state index contributed by atoms with van der Waals surface area (Å²) in [6.45, 7) is 2.62. The second kappa shape index (κ2) is 17.6. The zero-order chi connectivity index (χ0) is 30.0. The minimum atomic E-state index is -0.637. The molecule has 3 heteroatoms. The van der Waals surface area contributed by atoms with E-state index in [1.54, 1.807) is 5.57 Å². The van der Waals surface area contributed by atoms with Crippen LogP contribution in [-0.4, -0.2) is 17.0 Å². The van der Waals surface area contributed by atoms with Crippen LogP contribution in [0.15, 0.2) is 150 Å². The van der Waals surface area contributed by atoms with Crippen molar-refractivity contribution >= 4 is 26.5 Å². The van der Waals surface area contributed by atoms with Crippen LogP contribution in [-0.2, 0) is 17.1 Å². The normalized spacial score (nSPS) is 21.0. The minimum absolute atomic E-state index is 0. The molecule has 1 atom stereocenters. The first kappa shape index (κ1) is 34.1. The van der Waals surface area contributed by atoms with E-state index in [-0.39, 0.29) is 25.0 Å². The summed E-state index contributed by atoms with van der Waals surface area (Å²) in [5.74, 6) is 0. The van der Waals surface area contributed by atoms with Crippen LogP contribution >= 0.6 is 15.8 Å². The Hall–Kier alpha value is -2.26. The van der Waals surface area contributed by atoms with Gasteiger partial charge in [-0.25, -0.2) is 12.1 Å². The zero-order valence-electron chi connectivity index (χ0n) is 26.8. The summed E-state index contributed by atoms with van der Waals surface area (Å²) in [4.78, 5) is 0. The second-order valence-electron chi connectivity index (χ2n) is 12.6. The van der Waals surface area contributed by atoms with E-state index >= 15 is 0 Å². The van der Waals surface area contributed by atoms with Crippen molar-refractivity contribution in [1.29, 1.82) is 0 Å². The second-order valence-corrected chi connectivity index (χ2v) is 17.9. The molecule has 0 bridgehead atoms. The van der Waals surface area contributed by atoms with Gasteiger partial charge in [0.15, 0.2) is 0 Å². The Labute approximate surface area is 286 Å². The Morgan fingerprint density at radius 1 is 0.667 bits per heavy atom. The predicted octanol–water partition coefficient (Wildman–Crippen LogP) is 11.5. The Balaban J connectivity index is 0.000000609. The van der Waals surface area contributed by atoms with Crippen molar-refractivity contribution in [3.05, 3.63) is 156 Å². The van der Waals surface area contributed by atoms with Gasteiger partial charge in [-0.15, -0.1) is 29.9 Å². The van der Waals surface area contributed by atoms with Gasteiger partial charge in [0.2, 0.25) is 0 Å². The largest absolute Gasteiger partial charge is 2.00 e.